The van der Waals surface area contributed by atoms with Crippen molar-refractivity contribution in [1.29, 1.82) is 0 Å². The van der Waals surface area contributed by atoms with Crippen LogP contribution in [-0.2, 0) is 6.42 Å². The van der Waals surface area contributed by atoms with Crippen molar-refractivity contribution in [1.82, 2.24) is 5.32 Å². The highest BCUT2D eigenvalue weighted by atomic mass is 16.6. The molecular formula is C21H36N2O2. The Morgan fingerprint density at radius 2 is 1.32 bits per heavy atom. The number of non-ortho nitro benzene ring substituents is 1. The number of rotatable bonds is 16. The zero-order valence-electron chi connectivity index (χ0n) is 16.0. The molecule has 0 aliphatic carbocycles. The van der Waals surface area contributed by atoms with Gasteiger partial charge in [0.2, 0.25) is 0 Å². The van der Waals surface area contributed by atoms with E-state index < -0.39 is 0 Å². The van der Waals surface area contributed by atoms with Gasteiger partial charge in [-0.05, 0) is 37.9 Å². The predicted molar refractivity (Wildman–Crippen MR) is 106 cm³/mol. The van der Waals surface area contributed by atoms with Gasteiger partial charge in [-0.15, -0.1) is 0 Å². The second kappa shape index (κ2) is 14.9. The van der Waals surface area contributed by atoms with E-state index >= 15 is 0 Å². The van der Waals surface area contributed by atoms with Gasteiger partial charge in [-0.2, -0.15) is 0 Å². The Morgan fingerprint density at radius 1 is 0.800 bits per heavy atom. The molecule has 1 aromatic carbocycles. The van der Waals surface area contributed by atoms with E-state index in [-0.39, 0.29) is 10.6 Å². The summed E-state index contributed by atoms with van der Waals surface area (Å²) in [6, 6.07) is 6.90. The van der Waals surface area contributed by atoms with Crippen LogP contribution >= 0.6 is 0 Å². The molecule has 4 nitrogen and oxygen atoms in total. The third kappa shape index (κ3) is 11.7. The smallest absolute Gasteiger partial charge is 0.269 e. The molecule has 0 atom stereocenters. The van der Waals surface area contributed by atoms with Crippen LogP contribution in [0.15, 0.2) is 24.3 Å². The van der Waals surface area contributed by atoms with Gasteiger partial charge >= 0.3 is 0 Å². The largest absolute Gasteiger partial charge is 0.317 e. The predicted octanol–water partition coefficient (Wildman–Crippen LogP) is 6.04. The van der Waals surface area contributed by atoms with Crippen molar-refractivity contribution in [2.45, 2.75) is 84.0 Å². The van der Waals surface area contributed by atoms with Crippen LogP contribution in [0.5, 0.6) is 0 Å². The van der Waals surface area contributed by atoms with Gasteiger partial charge in [-0.1, -0.05) is 76.8 Å². The lowest BCUT2D eigenvalue weighted by atomic mass is 10.1. The van der Waals surface area contributed by atoms with Crippen LogP contribution in [0.2, 0.25) is 0 Å². The number of unbranched alkanes of at least 4 members (excludes halogenated alkanes) is 9. The molecule has 0 saturated heterocycles. The minimum absolute atomic E-state index is 0.169. The highest BCUT2D eigenvalue weighted by Crippen LogP contribution is 2.13. The molecule has 0 aliphatic rings. The summed E-state index contributed by atoms with van der Waals surface area (Å²) >= 11 is 0. The molecule has 0 aromatic heterocycles. The normalized spacial score (nSPS) is 10.9. The summed E-state index contributed by atoms with van der Waals surface area (Å²) in [6.07, 6.45) is 15.8. The maximum atomic E-state index is 10.6. The number of aryl methyl sites for hydroxylation is 1. The zero-order chi connectivity index (χ0) is 18.2. The summed E-state index contributed by atoms with van der Waals surface area (Å²) in [6.45, 7) is 4.40. The third-order valence-electron chi connectivity index (χ3n) is 4.67. The second-order valence-corrected chi connectivity index (χ2v) is 6.96. The van der Waals surface area contributed by atoms with Crippen LogP contribution in [0.1, 0.15) is 83.1 Å². The molecule has 0 unspecified atom stereocenters. The fraction of sp³-hybridized carbons (Fsp3) is 0.714. The minimum atomic E-state index is -0.349. The van der Waals surface area contributed by atoms with E-state index in [1.165, 1.54) is 69.8 Å². The van der Waals surface area contributed by atoms with Crippen molar-refractivity contribution in [2.75, 3.05) is 13.1 Å². The van der Waals surface area contributed by atoms with E-state index in [1.54, 1.807) is 12.1 Å². The lowest BCUT2D eigenvalue weighted by molar-refractivity contribution is -0.384. The Hall–Kier alpha value is -1.42. The zero-order valence-corrected chi connectivity index (χ0v) is 16.0. The molecule has 1 N–H and O–H groups in total. The quantitative estimate of drug-likeness (QED) is 0.225. The fourth-order valence-electron chi connectivity index (χ4n) is 3.06. The summed E-state index contributed by atoms with van der Waals surface area (Å²) < 4.78 is 0. The van der Waals surface area contributed by atoms with E-state index in [1.807, 2.05) is 12.1 Å². The number of nitro groups is 1. The van der Waals surface area contributed by atoms with E-state index in [0.29, 0.717) is 0 Å². The van der Waals surface area contributed by atoms with Crippen LogP contribution < -0.4 is 5.32 Å². The van der Waals surface area contributed by atoms with Crippen molar-refractivity contribution < 1.29 is 4.92 Å². The average molecular weight is 349 g/mol. The number of nitro benzene ring substituents is 1. The average Bonchev–Trinajstić information content (AvgIpc) is 2.62. The van der Waals surface area contributed by atoms with Gasteiger partial charge in [-0.3, -0.25) is 10.1 Å². The van der Waals surface area contributed by atoms with E-state index in [2.05, 4.69) is 12.2 Å². The fourth-order valence-corrected chi connectivity index (χ4v) is 3.06. The van der Waals surface area contributed by atoms with Gasteiger partial charge in [-0.25, -0.2) is 0 Å². The summed E-state index contributed by atoms with van der Waals surface area (Å²) in [5, 5.41) is 14.1. The van der Waals surface area contributed by atoms with Crippen LogP contribution in [-0.4, -0.2) is 18.0 Å². The number of nitrogens with one attached hydrogen (secondary N) is 1. The molecule has 0 saturated carbocycles. The lowest BCUT2D eigenvalue weighted by Gasteiger charge is -2.05. The SMILES string of the molecule is CCCCCCCCCCCCNCCCc1ccc([N+](=O)[O-])cc1. The number of benzene rings is 1. The minimum Gasteiger partial charge on any atom is -0.317 e. The summed E-state index contributed by atoms with van der Waals surface area (Å²) in [5.74, 6) is 0. The van der Waals surface area contributed by atoms with Gasteiger partial charge in [0.15, 0.2) is 0 Å². The van der Waals surface area contributed by atoms with Crippen molar-refractivity contribution >= 4 is 5.69 Å². The molecule has 0 amide bonds. The Kier molecular flexibility index (Phi) is 12.9. The number of hydrogen-bond acceptors (Lipinski definition) is 3. The summed E-state index contributed by atoms with van der Waals surface area (Å²) in [7, 11) is 0. The third-order valence-corrected chi connectivity index (χ3v) is 4.67. The van der Waals surface area contributed by atoms with Crippen molar-refractivity contribution in [3.8, 4) is 0 Å². The Morgan fingerprint density at radius 3 is 1.88 bits per heavy atom. The molecule has 1 aromatic rings. The van der Waals surface area contributed by atoms with E-state index in [4.69, 9.17) is 0 Å². The monoisotopic (exact) mass is 348 g/mol. The van der Waals surface area contributed by atoms with Gasteiger partial charge < -0.3 is 5.32 Å². The van der Waals surface area contributed by atoms with Crippen LogP contribution in [0.4, 0.5) is 5.69 Å². The summed E-state index contributed by atoms with van der Waals surface area (Å²) in [5.41, 5.74) is 1.34. The molecule has 4 heteroatoms. The first-order valence-electron chi connectivity index (χ1n) is 10.2. The molecule has 0 radical (unpaired) electrons. The van der Waals surface area contributed by atoms with E-state index in [0.717, 1.165) is 25.9 Å². The van der Waals surface area contributed by atoms with E-state index in [9.17, 15) is 10.1 Å². The van der Waals surface area contributed by atoms with Gasteiger partial charge in [0, 0.05) is 12.1 Å². The molecule has 25 heavy (non-hydrogen) atoms. The van der Waals surface area contributed by atoms with Crippen LogP contribution in [0.3, 0.4) is 0 Å². The molecular weight excluding hydrogens is 312 g/mol. The number of nitrogens with zero attached hydrogens (tertiary/aromatic N) is 1. The van der Waals surface area contributed by atoms with Gasteiger partial charge in [0.05, 0.1) is 4.92 Å². The second-order valence-electron chi connectivity index (χ2n) is 6.96. The highest BCUT2D eigenvalue weighted by molar-refractivity contribution is 5.32. The Labute approximate surface area is 153 Å². The molecule has 0 bridgehead atoms. The Bertz CT molecular complexity index is 446. The molecule has 0 fully saturated rings. The highest BCUT2D eigenvalue weighted by Gasteiger charge is 2.03. The first-order chi connectivity index (χ1) is 12.2. The lowest BCUT2D eigenvalue weighted by Crippen LogP contribution is -2.17. The maximum Gasteiger partial charge on any atom is 0.269 e. The van der Waals surface area contributed by atoms with Crippen LogP contribution in [0, 0.1) is 10.1 Å². The molecule has 0 heterocycles. The van der Waals surface area contributed by atoms with Gasteiger partial charge in [0.1, 0.15) is 0 Å². The topological polar surface area (TPSA) is 55.2 Å². The van der Waals surface area contributed by atoms with Crippen molar-refractivity contribution in [2.24, 2.45) is 0 Å². The molecule has 142 valence electrons. The number of hydrogen-bond donors (Lipinski definition) is 1. The molecule has 0 aliphatic heterocycles. The first kappa shape index (κ1) is 21.6. The summed E-state index contributed by atoms with van der Waals surface area (Å²) in [4.78, 5) is 10.3. The first-order valence-corrected chi connectivity index (χ1v) is 10.2. The van der Waals surface area contributed by atoms with Crippen molar-refractivity contribution in [3.63, 3.8) is 0 Å². The van der Waals surface area contributed by atoms with Crippen molar-refractivity contribution in [3.05, 3.63) is 39.9 Å². The maximum absolute atomic E-state index is 10.6. The molecule has 0 spiro atoms. The van der Waals surface area contributed by atoms with Crippen LogP contribution in [0.25, 0.3) is 0 Å². The Balaban J connectivity index is 1.85. The standard InChI is InChI=1S/C21H36N2O2/c1-2-3-4-5-6-7-8-9-10-11-18-22-19-12-13-20-14-16-21(17-15-20)23(24)25/h14-17,22H,2-13,18-19H2,1H3. The molecule has 1 rings (SSSR count). The van der Waals surface area contributed by atoms with Gasteiger partial charge in [0.25, 0.3) is 5.69 Å².